The molecule has 0 saturated heterocycles. The molecule has 1 aromatic rings. The van der Waals surface area contributed by atoms with Gasteiger partial charge < -0.3 is 16.0 Å². The van der Waals surface area contributed by atoms with E-state index in [0.717, 1.165) is 18.9 Å². The second kappa shape index (κ2) is 4.92. The van der Waals surface area contributed by atoms with Crippen molar-refractivity contribution >= 4 is 5.82 Å². The minimum Gasteiger partial charge on any atom is -0.371 e. The number of H-pyrrole nitrogens is 1. The number of hydrogen-bond donors (Lipinski definition) is 3. The topological polar surface area (TPSA) is 53.8 Å². The zero-order valence-electron chi connectivity index (χ0n) is 8.38. The van der Waals surface area contributed by atoms with Crippen LogP contribution < -0.4 is 11.1 Å². The van der Waals surface area contributed by atoms with Crippen LogP contribution in [0.4, 0.5) is 5.82 Å². The van der Waals surface area contributed by atoms with Crippen LogP contribution >= 0.6 is 0 Å². The second-order valence-electron chi connectivity index (χ2n) is 3.70. The molecule has 1 unspecified atom stereocenters. The van der Waals surface area contributed by atoms with Gasteiger partial charge in [-0.3, -0.25) is 0 Å². The lowest BCUT2D eigenvalue weighted by Gasteiger charge is -2.19. The van der Waals surface area contributed by atoms with Gasteiger partial charge in [-0.25, -0.2) is 0 Å². The summed E-state index contributed by atoms with van der Waals surface area (Å²) < 4.78 is 0. The van der Waals surface area contributed by atoms with Gasteiger partial charge in [0.15, 0.2) is 0 Å². The Hall–Kier alpha value is -0.960. The van der Waals surface area contributed by atoms with Gasteiger partial charge >= 0.3 is 0 Å². The molecule has 0 fully saturated rings. The number of hydrogen-bond acceptors (Lipinski definition) is 2. The molecule has 0 saturated carbocycles. The summed E-state index contributed by atoms with van der Waals surface area (Å²) in [6.07, 6.45) is 1.91. The highest BCUT2D eigenvalue weighted by Crippen LogP contribution is 2.10. The van der Waals surface area contributed by atoms with Crippen molar-refractivity contribution in [1.82, 2.24) is 4.98 Å². The van der Waals surface area contributed by atoms with Gasteiger partial charge in [0, 0.05) is 12.7 Å². The smallest absolute Gasteiger partial charge is 0.103 e. The minimum atomic E-state index is 0.545. The average molecular weight is 181 g/mol. The van der Waals surface area contributed by atoms with E-state index in [-0.39, 0.29) is 0 Å². The maximum atomic E-state index is 5.66. The number of rotatable bonds is 5. The predicted molar refractivity (Wildman–Crippen MR) is 56.7 cm³/mol. The number of aromatic amines is 1. The normalized spacial score (nSPS) is 13.2. The second-order valence-corrected chi connectivity index (χ2v) is 3.70. The van der Waals surface area contributed by atoms with E-state index in [1.165, 1.54) is 0 Å². The van der Waals surface area contributed by atoms with E-state index in [1.54, 1.807) is 0 Å². The monoisotopic (exact) mass is 181 g/mol. The van der Waals surface area contributed by atoms with Gasteiger partial charge in [0.25, 0.3) is 0 Å². The molecule has 13 heavy (non-hydrogen) atoms. The number of aromatic nitrogens is 1. The highest BCUT2D eigenvalue weighted by molar-refractivity contribution is 5.34. The fourth-order valence-corrected chi connectivity index (χ4v) is 1.27. The van der Waals surface area contributed by atoms with E-state index < -0.39 is 0 Å². The van der Waals surface area contributed by atoms with Crippen LogP contribution in [0.25, 0.3) is 0 Å². The van der Waals surface area contributed by atoms with Gasteiger partial charge in [-0.1, -0.05) is 13.8 Å². The molecular formula is C10H19N3. The van der Waals surface area contributed by atoms with Crippen LogP contribution in [-0.4, -0.2) is 18.1 Å². The molecule has 0 spiro atoms. The van der Waals surface area contributed by atoms with Crippen molar-refractivity contribution in [2.24, 2.45) is 17.6 Å². The van der Waals surface area contributed by atoms with Gasteiger partial charge in [0.2, 0.25) is 0 Å². The fourth-order valence-electron chi connectivity index (χ4n) is 1.27. The molecule has 3 nitrogen and oxygen atoms in total. The van der Waals surface area contributed by atoms with Crippen LogP contribution in [0, 0.1) is 11.8 Å². The third-order valence-corrected chi connectivity index (χ3v) is 2.40. The lowest BCUT2D eigenvalue weighted by Crippen LogP contribution is -2.27. The van der Waals surface area contributed by atoms with Crippen LogP contribution in [0.1, 0.15) is 13.8 Å². The summed E-state index contributed by atoms with van der Waals surface area (Å²) in [6.45, 7) is 6.09. The number of nitrogens with one attached hydrogen (secondary N) is 2. The van der Waals surface area contributed by atoms with Gasteiger partial charge in [-0.05, 0) is 30.5 Å². The van der Waals surface area contributed by atoms with Crippen LogP contribution in [0.3, 0.4) is 0 Å². The Morgan fingerprint density at radius 1 is 1.54 bits per heavy atom. The first-order valence-corrected chi connectivity index (χ1v) is 4.81. The Balaban J connectivity index is 2.32. The summed E-state index contributed by atoms with van der Waals surface area (Å²) >= 11 is 0. The van der Waals surface area contributed by atoms with Gasteiger partial charge in [0.05, 0.1) is 0 Å². The van der Waals surface area contributed by atoms with Crippen molar-refractivity contribution < 1.29 is 0 Å². The molecular weight excluding hydrogens is 162 g/mol. The van der Waals surface area contributed by atoms with Crippen LogP contribution in [0.2, 0.25) is 0 Å². The van der Waals surface area contributed by atoms with Crippen LogP contribution in [0.15, 0.2) is 18.3 Å². The Morgan fingerprint density at radius 2 is 2.31 bits per heavy atom. The Bertz CT molecular complexity index is 216. The molecule has 0 aromatic carbocycles. The van der Waals surface area contributed by atoms with Crippen LogP contribution in [-0.2, 0) is 0 Å². The summed E-state index contributed by atoms with van der Waals surface area (Å²) in [4.78, 5) is 3.10. The first-order valence-electron chi connectivity index (χ1n) is 4.81. The molecule has 74 valence electrons. The quantitative estimate of drug-likeness (QED) is 0.647. The Kier molecular flexibility index (Phi) is 3.83. The number of anilines is 1. The third kappa shape index (κ3) is 3.11. The first-order chi connectivity index (χ1) is 6.24. The SMILES string of the molecule is CC(C)C(CN)CNc1ccc[nH]1. The zero-order chi connectivity index (χ0) is 9.68. The average Bonchev–Trinajstić information content (AvgIpc) is 2.57. The molecule has 1 rings (SSSR count). The largest absolute Gasteiger partial charge is 0.371 e. The molecule has 0 aliphatic rings. The van der Waals surface area contributed by atoms with Crippen LogP contribution in [0.5, 0.6) is 0 Å². The van der Waals surface area contributed by atoms with Crippen molar-refractivity contribution in [3.8, 4) is 0 Å². The van der Waals surface area contributed by atoms with Gasteiger partial charge in [-0.2, -0.15) is 0 Å². The van der Waals surface area contributed by atoms with E-state index in [9.17, 15) is 0 Å². The maximum absolute atomic E-state index is 5.66. The molecule has 3 heteroatoms. The van der Waals surface area contributed by atoms with E-state index in [4.69, 9.17) is 5.73 Å². The first kappa shape index (κ1) is 10.1. The molecule has 0 aliphatic heterocycles. The van der Waals surface area contributed by atoms with E-state index in [2.05, 4.69) is 24.1 Å². The van der Waals surface area contributed by atoms with E-state index in [1.807, 2.05) is 18.3 Å². The lowest BCUT2D eigenvalue weighted by molar-refractivity contribution is 0.413. The van der Waals surface area contributed by atoms with Crippen molar-refractivity contribution in [3.05, 3.63) is 18.3 Å². The third-order valence-electron chi connectivity index (χ3n) is 2.40. The molecule has 1 atom stereocenters. The minimum absolute atomic E-state index is 0.545. The summed E-state index contributed by atoms with van der Waals surface area (Å²) in [6, 6.07) is 4.00. The molecule has 0 radical (unpaired) electrons. The van der Waals surface area contributed by atoms with Crippen molar-refractivity contribution in [2.45, 2.75) is 13.8 Å². The fraction of sp³-hybridized carbons (Fsp3) is 0.600. The highest BCUT2D eigenvalue weighted by Gasteiger charge is 2.10. The summed E-state index contributed by atoms with van der Waals surface area (Å²) in [5.41, 5.74) is 5.66. The van der Waals surface area contributed by atoms with Gasteiger partial charge in [-0.15, -0.1) is 0 Å². The van der Waals surface area contributed by atoms with Crippen molar-refractivity contribution in [2.75, 3.05) is 18.4 Å². The molecule has 0 amide bonds. The summed E-state index contributed by atoms with van der Waals surface area (Å²) in [7, 11) is 0. The van der Waals surface area contributed by atoms with E-state index in [0.29, 0.717) is 11.8 Å². The van der Waals surface area contributed by atoms with Crippen molar-refractivity contribution in [1.29, 1.82) is 0 Å². The van der Waals surface area contributed by atoms with E-state index >= 15 is 0 Å². The highest BCUT2D eigenvalue weighted by atomic mass is 15.0. The lowest BCUT2D eigenvalue weighted by atomic mass is 9.96. The Morgan fingerprint density at radius 3 is 2.77 bits per heavy atom. The molecule has 0 bridgehead atoms. The Labute approximate surface area is 79.7 Å². The summed E-state index contributed by atoms with van der Waals surface area (Å²) in [5.74, 6) is 2.25. The molecule has 1 heterocycles. The molecule has 1 aromatic heterocycles. The molecule has 0 aliphatic carbocycles. The number of nitrogens with two attached hydrogens (primary N) is 1. The predicted octanol–water partition coefficient (Wildman–Crippen LogP) is 1.66. The van der Waals surface area contributed by atoms with Crippen molar-refractivity contribution in [3.63, 3.8) is 0 Å². The molecule has 4 N–H and O–H groups in total. The maximum Gasteiger partial charge on any atom is 0.103 e. The van der Waals surface area contributed by atoms with Gasteiger partial charge in [0.1, 0.15) is 5.82 Å². The summed E-state index contributed by atoms with van der Waals surface area (Å²) in [5, 5.41) is 3.32. The zero-order valence-corrected chi connectivity index (χ0v) is 8.38. The standard InChI is InChI=1S/C10H19N3/c1-8(2)9(6-11)7-13-10-4-3-5-12-10/h3-5,8-9,12-13H,6-7,11H2,1-2H3.